The van der Waals surface area contributed by atoms with E-state index >= 15 is 0 Å². The average Bonchev–Trinajstić information content (AvgIpc) is 2.94. The SMILES string of the molecule is CCC.Cc1ccc(-c2cnc[nH]2)c2c1CCCC2.[HH]. The van der Waals surface area contributed by atoms with E-state index in [1.165, 1.54) is 48.8 Å². The molecule has 0 atom stereocenters. The summed E-state index contributed by atoms with van der Waals surface area (Å²) in [5.74, 6) is 0. The van der Waals surface area contributed by atoms with Crippen LogP contribution in [0.4, 0.5) is 0 Å². The standard InChI is InChI=1S/C14H16N2.C3H8.H2/c1-10-6-7-13(14-8-15-9-16-14)12-5-3-2-4-11(10)12;1-3-2;/h6-9H,2-5H2,1H3,(H,15,16);3H2,1-2H3;1H. The fourth-order valence-corrected chi connectivity index (χ4v) is 2.70. The van der Waals surface area contributed by atoms with Gasteiger partial charge in [0.15, 0.2) is 0 Å². The number of aromatic nitrogens is 2. The van der Waals surface area contributed by atoms with Gasteiger partial charge in [-0.25, -0.2) is 4.98 Å². The van der Waals surface area contributed by atoms with Gasteiger partial charge in [-0.2, -0.15) is 0 Å². The van der Waals surface area contributed by atoms with E-state index in [1.807, 2.05) is 6.20 Å². The summed E-state index contributed by atoms with van der Waals surface area (Å²) in [7, 11) is 0. The van der Waals surface area contributed by atoms with Crippen molar-refractivity contribution >= 4 is 0 Å². The first kappa shape index (κ1) is 13.9. The van der Waals surface area contributed by atoms with Crippen molar-refractivity contribution in [2.75, 3.05) is 0 Å². The van der Waals surface area contributed by atoms with Gasteiger partial charge in [-0.3, -0.25) is 0 Å². The van der Waals surface area contributed by atoms with Crippen LogP contribution in [0, 0.1) is 6.92 Å². The Bertz CT molecular complexity index is 518. The van der Waals surface area contributed by atoms with Crippen LogP contribution in [0.25, 0.3) is 11.3 Å². The van der Waals surface area contributed by atoms with Crippen LogP contribution < -0.4 is 0 Å². The Morgan fingerprint density at radius 3 is 2.47 bits per heavy atom. The summed E-state index contributed by atoms with van der Waals surface area (Å²) in [5, 5.41) is 0. The predicted octanol–water partition coefficient (Wildman–Crippen LogP) is 4.93. The number of nitrogens with zero attached hydrogens (tertiary/aromatic N) is 1. The molecule has 0 saturated carbocycles. The highest BCUT2D eigenvalue weighted by molar-refractivity contribution is 5.66. The molecular weight excluding hydrogens is 232 g/mol. The normalized spacial score (nSPS) is 13.4. The van der Waals surface area contributed by atoms with E-state index in [1.54, 1.807) is 11.9 Å². The van der Waals surface area contributed by atoms with Gasteiger partial charge in [0.25, 0.3) is 0 Å². The van der Waals surface area contributed by atoms with Crippen molar-refractivity contribution in [2.45, 2.75) is 52.9 Å². The molecule has 19 heavy (non-hydrogen) atoms. The molecule has 0 bridgehead atoms. The fourth-order valence-electron chi connectivity index (χ4n) is 2.70. The molecule has 1 aliphatic carbocycles. The van der Waals surface area contributed by atoms with Gasteiger partial charge in [0, 0.05) is 6.99 Å². The lowest BCUT2D eigenvalue weighted by Crippen LogP contribution is -2.06. The van der Waals surface area contributed by atoms with Gasteiger partial charge in [0.05, 0.1) is 18.2 Å². The van der Waals surface area contributed by atoms with Crippen LogP contribution in [0.1, 0.15) is 51.2 Å². The topological polar surface area (TPSA) is 28.7 Å². The van der Waals surface area contributed by atoms with Crippen LogP contribution in [-0.2, 0) is 12.8 Å². The molecule has 1 heterocycles. The molecule has 0 saturated heterocycles. The summed E-state index contributed by atoms with van der Waals surface area (Å²) < 4.78 is 0. The lowest BCUT2D eigenvalue weighted by Gasteiger charge is -2.21. The van der Waals surface area contributed by atoms with E-state index in [2.05, 4.69) is 42.9 Å². The second-order valence-corrected chi connectivity index (χ2v) is 5.27. The fraction of sp³-hybridized carbons (Fsp3) is 0.471. The number of imidazole rings is 1. The maximum Gasteiger partial charge on any atom is 0.0924 e. The van der Waals surface area contributed by atoms with Crippen LogP contribution in [-0.4, -0.2) is 9.97 Å². The van der Waals surface area contributed by atoms with E-state index < -0.39 is 0 Å². The smallest absolute Gasteiger partial charge is 0.0924 e. The Labute approximate surface area is 117 Å². The highest BCUT2D eigenvalue weighted by Gasteiger charge is 2.16. The molecule has 1 N–H and O–H groups in total. The minimum atomic E-state index is 0. The average molecular weight is 258 g/mol. The number of fused-ring (bicyclic) bond motifs is 1. The Kier molecular flexibility index (Phi) is 4.78. The lowest BCUT2D eigenvalue weighted by atomic mass is 9.85. The lowest BCUT2D eigenvalue weighted by molar-refractivity contribution is 0.683. The molecule has 1 aromatic heterocycles. The molecule has 2 nitrogen and oxygen atoms in total. The highest BCUT2D eigenvalue weighted by atomic mass is 14.9. The van der Waals surface area contributed by atoms with Gasteiger partial charge in [-0.05, 0) is 49.3 Å². The van der Waals surface area contributed by atoms with Crippen LogP contribution in [0.15, 0.2) is 24.7 Å². The molecule has 0 spiro atoms. The zero-order chi connectivity index (χ0) is 13.7. The van der Waals surface area contributed by atoms with Crippen LogP contribution >= 0.6 is 0 Å². The third-order valence-corrected chi connectivity index (χ3v) is 3.56. The number of H-pyrrole nitrogens is 1. The van der Waals surface area contributed by atoms with Gasteiger partial charge in [0.1, 0.15) is 0 Å². The van der Waals surface area contributed by atoms with Gasteiger partial charge in [0.2, 0.25) is 0 Å². The van der Waals surface area contributed by atoms with Crippen molar-refractivity contribution in [1.29, 1.82) is 0 Å². The van der Waals surface area contributed by atoms with E-state index in [0.717, 1.165) is 5.69 Å². The molecule has 2 aromatic rings. The van der Waals surface area contributed by atoms with Gasteiger partial charge in [-0.15, -0.1) is 0 Å². The molecule has 104 valence electrons. The van der Waals surface area contributed by atoms with Crippen LogP contribution in [0.5, 0.6) is 0 Å². The minimum Gasteiger partial charge on any atom is -0.345 e. The Morgan fingerprint density at radius 2 is 1.84 bits per heavy atom. The molecule has 0 amide bonds. The second kappa shape index (κ2) is 6.55. The van der Waals surface area contributed by atoms with E-state index in [0.29, 0.717) is 0 Å². The van der Waals surface area contributed by atoms with Crippen molar-refractivity contribution in [3.05, 3.63) is 41.3 Å². The molecule has 3 rings (SSSR count). The quantitative estimate of drug-likeness (QED) is 0.772. The first-order valence-electron chi connectivity index (χ1n) is 7.38. The van der Waals surface area contributed by atoms with Gasteiger partial charge in [-0.1, -0.05) is 32.4 Å². The highest BCUT2D eigenvalue weighted by Crippen LogP contribution is 2.32. The Morgan fingerprint density at radius 1 is 1.16 bits per heavy atom. The van der Waals surface area contributed by atoms with Crippen LogP contribution in [0.3, 0.4) is 0 Å². The van der Waals surface area contributed by atoms with E-state index in [9.17, 15) is 0 Å². The summed E-state index contributed by atoms with van der Waals surface area (Å²) in [5.41, 5.74) is 7.04. The van der Waals surface area contributed by atoms with Gasteiger partial charge < -0.3 is 4.98 Å². The number of aryl methyl sites for hydroxylation is 1. The predicted molar refractivity (Wildman–Crippen MR) is 83.5 cm³/mol. The molecule has 1 aliphatic rings. The third kappa shape index (κ3) is 3.06. The van der Waals surface area contributed by atoms with E-state index in [-0.39, 0.29) is 1.43 Å². The molecule has 0 aliphatic heterocycles. The van der Waals surface area contributed by atoms with Crippen molar-refractivity contribution in [2.24, 2.45) is 0 Å². The summed E-state index contributed by atoms with van der Waals surface area (Å²) >= 11 is 0. The number of aromatic amines is 1. The monoisotopic (exact) mass is 258 g/mol. The van der Waals surface area contributed by atoms with Crippen molar-refractivity contribution in [3.8, 4) is 11.3 Å². The number of hydrogen-bond acceptors (Lipinski definition) is 1. The molecular formula is C17H26N2. The Hall–Kier alpha value is -1.57. The Balaban J connectivity index is 0.000000462. The minimum absolute atomic E-state index is 0. The third-order valence-electron chi connectivity index (χ3n) is 3.56. The first-order valence-corrected chi connectivity index (χ1v) is 7.38. The van der Waals surface area contributed by atoms with Gasteiger partial charge >= 0.3 is 0 Å². The molecule has 0 radical (unpaired) electrons. The summed E-state index contributed by atoms with van der Waals surface area (Å²) in [4.78, 5) is 7.33. The molecule has 0 unspecified atom stereocenters. The largest absolute Gasteiger partial charge is 0.345 e. The summed E-state index contributed by atoms with van der Waals surface area (Å²) in [6.07, 6.45) is 10.0. The molecule has 1 aromatic carbocycles. The number of rotatable bonds is 1. The summed E-state index contributed by atoms with van der Waals surface area (Å²) in [6, 6.07) is 4.47. The zero-order valence-electron chi connectivity index (χ0n) is 12.3. The zero-order valence-corrected chi connectivity index (χ0v) is 12.3. The van der Waals surface area contributed by atoms with Crippen molar-refractivity contribution in [3.63, 3.8) is 0 Å². The number of benzene rings is 1. The molecule has 2 heteroatoms. The number of nitrogens with one attached hydrogen (secondary N) is 1. The molecule has 0 fully saturated rings. The second-order valence-electron chi connectivity index (χ2n) is 5.27. The first-order chi connectivity index (χ1) is 9.27. The number of hydrogen-bond donors (Lipinski definition) is 1. The van der Waals surface area contributed by atoms with E-state index in [4.69, 9.17) is 0 Å². The maximum atomic E-state index is 4.11. The summed E-state index contributed by atoms with van der Waals surface area (Å²) in [6.45, 7) is 6.47. The maximum absolute atomic E-state index is 4.11. The van der Waals surface area contributed by atoms with Crippen molar-refractivity contribution < 1.29 is 1.43 Å². The van der Waals surface area contributed by atoms with Crippen molar-refractivity contribution in [1.82, 2.24) is 9.97 Å². The van der Waals surface area contributed by atoms with Crippen LogP contribution in [0.2, 0.25) is 0 Å².